The number of carbonyl (C=O) groups excluding carboxylic acids is 2. The van der Waals surface area contributed by atoms with E-state index in [1.165, 1.54) is 35.4 Å². The zero-order chi connectivity index (χ0) is 23.1. The summed E-state index contributed by atoms with van der Waals surface area (Å²) in [6.07, 6.45) is -2.58. The molecular formula is C22H20F3N3O2S2. The summed E-state index contributed by atoms with van der Waals surface area (Å²) in [4.78, 5) is 28.9. The minimum atomic E-state index is -4.39. The number of anilines is 2. The lowest BCUT2D eigenvalue weighted by Crippen LogP contribution is -2.18. The molecule has 2 amide bonds. The number of thiazole rings is 1. The molecule has 0 atom stereocenters. The fourth-order valence-electron chi connectivity index (χ4n) is 2.82. The summed E-state index contributed by atoms with van der Waals surface area (Å²) in [7, 11) is 0. The Morgan fingerprint density at radius 3 is 2.47 bits per heavy atom. The maximum absolute atomic E-state index is 12.8. The van der Waals surface area contributed by atoms with Crippen molar-refractivity contribution >= 4 is 45.7 Å². The second-order valence-electron chi connectivity index (χ2n) is 6.97. The van der Waals surface area contributed by atoms with E-state index in [-0.39, 0.29) is 29.7 Å². The van der Waals surface area contributed by atoms with Crippen LogP contribution in [0.25, 0.3) is 0 Å². The first-order valence-corrected chi connectivity index (χ1v) is 11.5. The first-order chi connectivity index (χ1) is 15.2. The van der Waals surface area contributed by atoms with Crippen LogP contribution in [0.5, 0.6) is 0 Å². The molecule has 0 bridgehead atoms. The number of alkyl halides is 3. The van der Waals surface area contributed by atoms with Gasteiger partial charge in [-0.2, -0.15) is 13.2 Å². The first-order valence-electron chi connectivity index (χ1n) is 9.54. The number of halogens is 3. The second kappa shape index (κ2) is 10.6. The molecular weight excluding hydrogens is 459 g/mol. The van der Waals surface area contributed by atoms with E-state index in [1.807, 2.05) is 25.1 Å². The van der Waals surface area contributed by atoms with Gasteiger partial charge in [0.15, 0.2) is 5.13 Å². The van der Waals surface area contributed by atoms with Gasteiger partial charge in [0.05, 0.1) is 17.1 Å². The number of rotatable bonds is 8. The van der Waals surface area contributed by atoms with E-state index < -0.39 is 11.7 Å². The van der Waals surface area contributed by atoms with E-state index in [0.717, 1.165) is 22.6 Å². The molecule has 0 aliphatic heterocycles. The molecule has 0 aliphatic rings. The van der Waals surface area contributed by atoms with Crippen LogP contribution in [0.3, 0.4) is 0 Å². The molecule has 0 unspecified atom stereocenters. The topological polar surface area (TPSA) is 71.1 Å². The predicted octanol–water partition coefficient (Wildman–Crippen LogP) is 5.37. The van der Waals surface area contributed by atoms with Crippen molar-refractivity contribution < 1.29 is 22.8 Å². The van der Waals surface area contributed by atoms with Crippen LogP contribution in [0.1, 0.15) is 21.6 Å². The molecule has 0 radical (unpaired) electrons. The summed E-state index contributed by atoms with van der Waals surface area (Å²) in [6, 6.07) is 12.5. The third-order valence-corrected chi connectivity index (χ3v) is 6.05. The van der Waals surface area contributed by atoms with Crippen LogP contribution < -0.4 is 10.6 Å². The van der Waals surface area contributed by atoms with E-state index in [4.69, 9.17) is 0 Å². The molecule has 1 aromatic heterocycles. The van der Waals surface area contributed by atoms with Gasteiger partial charge < -0.3 is 10.6 Å². The van der Waals surface area contributed by atoms with Crippen LogP contribution >= 0.6 is 23.1 Å². The van der Waals surface area contributed by atoms with Crippen LogP contribution in [0.2, 0.25) is 0 Å². The molecule has 168 valence electrons. The van der Waals surface area contributed by atoms with Gasteiger partial charge in [0.2, 0.25) is 11.8 Å². The second-order valence-corrected chi connectivity index (χ2v) is 9.07. The minimum Gasteiger partial charge on any atom is -0.325 e. The smallest absolute Gasteiger partial charge is 0.325 e. The highest BCUT2D eigenvalue weighted by Crippen LogP contribution is 2.30. The van der Waals surface area contributed by atoms with E-state index >= 15 is 0 Å². The standard InChI is InChI=1S/C22H20F3N3O2S2/c1-14-4-2-7-17(8-14)27-19(29)12-31-13-20(30)28-21-26-11-18(32-21)10-15-5-3-6-16(9-15)22(23,24)25/h2-9,11H,10,12-13H2,1H3,(H,27,29)(H,26,28,30). The third-order valence-electron chi connectivity index (χ3n) is 4.20. The maximum Gasteiger partial charge on any atom is 0.416 e. The third kappa shape index (κ3) is 7.38. The molecule has 1 heterocycles. The molecule has 3 rings (SSSR count). The largest absolute Gasteiger partial charge is 0.416 e. The van der Waals surface area contributed by atoms with Crippen molar-refractivity contribution in [1.82, 2.24) is 4.98 Å². The molecule has 2 aromatic carbocycles. The molecule has 32 heavy (non-hydrogen) atoms. The van der Waals surface area contributed by atoms with E-state index in [2.05, 4.69) is 15.6 Å². The van der Waals surface area contributed by atoms with Gasteiger partial charge in [-0.25, -0.2) is 4.98 Å². The lowest BCUT2D eigenvalue weighted by Gasteiger charge is -2.07. The van der Waals surface area contributed by atoms with Gasteiger partial charge in [0.25, 0.3) is 0 Å². The number of nitrogens with zero attached hydrogens (tertiary/aromatic N) is 1. The van der Waals surface area contributed by atoms with Crippen LogP contribution in [-0.2, 0) is 22.2 Å². The Hall–Kier alpha value is -2.85. The van der Waals surface area contributed by atoms with Crippen molar-refractivity contribution in [3.05, 3.63) is 76.3 Å². The number of nitrogens with one attached hydrogen (secondary N) is 2. The number of carbonyl (C=O) groups is 2. The molecule has 0 aliphatic carbocycles. The fraction of sp³-hybridized carbons (Fsp3) is 0.227. The van der Waals surface area contributed by atoms with Crippen molar-refractivity contribution in [2.75, 3.05) is 22.1 Å². The van der Waals surface area contributed by atoms with Crippen LogP contribution in [0.4, 0.5) is 24.0 Å². The molecule has 2 N–H and O–H groups in total. The predicted molar refractivity (Wildman–Crippen MR) is 122 cm³/mol. The highest BCUT2D eigenvalue weighted by molar-refractivity contribution is 8.00. The summed E-state index contributed by atoms with van der Waals surface area (Å²) < 4.78 is 38.5. The SMILES string of the molecule is Cc1cccc(NC(=O)CSCC(=O)Nc2ncc(Cc3cccc(C(F)(F)F)c3)s2)c1. The average Bonchev–Trinajstić information content (AvgIpc) is 3.14. The van der Waals surface area contributed by atoms with Gasteiger partial charge in [-0.1, -0.05) is 30.3 Å². The van der Waals surface area contributed by atoms with Crippen LogP contribution in [-0.4, -0.2) is 28.3 Å². The lowest BCUT2D eigenvalue weighted by atomic mass is 10.1. The van der Waals surface area contributed by atoms with Crippen molar-refractivity contribution in [3.63, 3.8) is 0 Å². The lowest BCUT2D eigenvalue weighted by molar-refractivity contribution is -0.137. The van der Waals surface area contributed by atoms with Gasteiger partial charge in [-0.05, 0) is 36.2 Å². The quantitative estimate of drug-likeness (QED) is 0.456. The Morgan fingerprint density at radius 2 is 1.75 bits per heavy atom. The number of hydrogen-bond acceptors (Lipinski definition) is 5. The average molecular weight is 480 g/mol. The van der Waals surface area contributed by atoms with E-state index in [9.17, 15) is 22.8 Å². The number of aryl methyl sites for hydroxylation is 1. The monoisotopic (exact) mass is 479 g/mol. The van der Waals surface area contributed by atoms with Gasteiger partial charge >= 0.3 is 6.18 Å². The Bertz CT molecular complexity index is 1100. The molecule has 5 nitrogen and oxygen atoms in total. The van der Waals surface area contributed by atoms with Crippen LogP contribution in [0, 0.1) is 6.92 Å². The number of aromatic nitrogens is 1. The van der Waals surface area contributed by atoms with Crippen molar-refractivity contribution in [2.45, 2.75) is 19.5 Å². The molecule has 0 spiro atoms. The Labute approximate surface area is 191 Å². The van der Waals surface area contributed by atoms with E-state index in [1.54, 1.807) is 12.1 Å². The van der Waals surface area contributed by atoms with Gasteiger partial charge in [-0.3, -0.25) is 9.59 Å². The molecule has 3 aromatic rings. The number of amides is 2. The minimum absolute atomic E-state index is 0.0732. The fourth-order valence-corrected chi connectivity index (χ4v) is 4.30. The highest BCUT2D eigenvalue weighted by Gasteiger charge is 2.30. The van der Waals surface area contributed by atoms with Gasteiger partial charge in [0, 0.05) is 23.2 Å². The summed E-state index contributed by atoms with van der Waals surface area (Å²) >= 11 is 2.37. The van der Waals surface area contributed by atoms with E-state index in [0.29, 0.717) is 16.4 Å². The molecule has 10 heteroatoms. The molecule has 0 saturated carbocycles. The zero-order valence-corrected chi connectivity index (χ0v) is 18.7. The maximum atomic E-state index is 12.8. The molecule has 0 saturated heterocycles. The molecule has 0 fully saturated rings. The first kappa shape index (κ1) is 23.8. The normalized spacial score (nSPS) is 11.2. The Kier molecular flexibility index (Phi) is 7.92. The zero-order valence-electron chi connectivity index (χ0n) is 17.0. The summed E-state index contributed by atoms with van der Waals surface area (Å²) in [6.45, 7) is 1.93. The summed E-state index contributed by atoms with van der Waals surface area (Å²) in [5, 5.41) is 5.79. The summed E-state index contributed by atoms with van der Waals surface area (Å²) in [5.74, 6) is -0.312. The summed E-state index contributed by atoms with van der Waals surface area (Å²) in [5.41, 5.74) is 1.55. The van der Waals surface area contributed by atoms with Crippen molar-refractivity contribution in [3.8, 4) is 0 Å². The number of thioether (sulfide) groups is 1. The van der Waals surface area contributed by atoms with Gasteiger partial charge in [-0.15, -0.1) is 23.1 Å². The number of hydrogen-bond donors (Lipinski definition) is 2. The van der Waals surface area contributed by atoms with Crippen LogP contribution in [0.15, 0.2) is 54.7 Å². The number of benzene rings is 2. The van der Waals surface area contributed by atoms with Gasteiger partial charge in [0.1, 0.15) is 0 Å². The Morgan fingerprint density at radius 1 is 1.03 bits per heavy atom. The Balaban J connectivity index is 1.44. The van der Waals surface area contributed by atoms with Crippen molar-refractivity contribution in [2.24, 2.45) is 0 Å². The van der Waals surface area contributed by atoms with Crippen molar-refractivity contribution in [1.29, 1.82) is 0 Å². The highest BCUT2D eigenvalue weighted by atomic mass is 32.2.